The molecule has 1 rings (SSSR count). The summed E-state index contributed by atoms with van der Waals surface area (Å²) >= 11 is 0. The molecule has 0 aliphatic carbocycles. The average molecular weight is 266 g/mol. The van der Waals surface area contributed by atoms with Gasteiger partial charge in [0.15, 0.2) is 0 Å². The lowest BCUT2D eigenvalue weighted by Crippen LogP contribution is -2.55. The van der Waals surface area contributed by atoms with Gasteiger partial charge < -0.3 is 10.4 Å². The number of hydrogen-bond donors (Lipinski definition) is 2. The molecule has 0 atom stereocenters. The summed E-state index contributed by atoms with van der Waals surface area (Å²) in [5.41, 5.74) is -0.553. The molecule has 1 fully saturated rings. The topological polar surface area (TPSA) is 69.6 Å². The number of rotatable bonds is 7. The molecule has 1 aliphatic rings. The first-order valence-corrected chi connectivity index (χ1v) is 6.67. The number of carboxylic acid groups (broad SMARTS) is 1. The van der Waals surface area contributed by atoms with E-state index in [2.05, 4.69) is 11.2 Å². The molecule has 1 amide bonds. The van der Waals surface area contributed by atoms with Crippen molar-refractivity contribution in [3.05, 3.63) is 0 Å². The Bertz CT molecular complexity index is 377. The summed E-state index contributed by atoms with van der Waals surface area (Å²) in [6.07, 6.45) is 7.07. The van der Waals surface area contributed by atoms with E-state index in [1.807, 2.05) is 18.7 Å². The third-order valence-electron chi connectivity index (χ3n) is 3.73. The van der Waals surface area contributed by atoms with E-state index in [-0.39, 0.29) is 18.2 Å². The van der Waals surface area contributed by atoms with Gasteiger partial charge in [-0.15, -0.1) is 6.42 Å². The molecule has 2 N–H and O–H groups in total. The Labute approximate surface area is 114 Å². The van der Waals surface area contributed by atoms with Gasteiger partial charge in [0.05, 0.1) is 13.0 Å². The van der Waals surface area contributed by atoms with Gasteiger partial charge in [-0.3, -0.25) is 14.5 Å². The van der Waals surface area contributed by atoms with Gasteiger partial charge in [-0.25, -0.2) is 0 Å². The highest BCUT2D eigenvalue weighted by Gasteiger charge is 2.31. The summed E-state index contributed by atoms with van der Waals surface area (Å²) in [7, 11) is 0. The maximum absolute atomic E-state index is 11.9. The van der Waals surface area contributed by atoms with Crippen molar-refractivity contribution in [1.82, 2.24) is 10.2 Å². The van der Waals surface area contributed by atoms with Crippen LogP contribution in [0.3, 0.4) is 0 Å². The number of carbonyl (C=O) groups is 2. The fourth-order valence-corrected chi connectivity index (χ4v) is 2.36. The number of carboxylic acids is 1. The van der Waals surface area contributed by atoms with Crippen LogP contribution in [0.4, 0.5) is 0 Å². The molecule has 0 spiro atoms. The van der Waals surface area contributed by atoms with E-state index in [1.165, 1.54) is 0 Å². The second-order valence-electron chi connectivity index (χ2n) is 5.14. The molecule has 5 heteroatoms. The zero-order valence-electron chi connectivity index (χ0n) is 11.6. The monoisotopic (exact) mass is 266 g/mol. The number of amides is 1. The van der Waals surface area contributed by atoms with E-state index in [1.54, 1.807) is 0 Å². The highest BCUT2D eigenvalue weighted by atomic mass is 16.4. The molecule has 0 saturated carbocycles. The molecule has 0 aromatic carbocycles. The number of aliphatic carboxylic acids is 1. The van der Waals surface area contributed by atoms with Crippen LogP contribution >= 0.6 is 0 Å². The second-order valence-corrected chi connectivity index (χ2v) is 5.14. The molecule has 19 heavy (non-hydrogen) atoms. The minimum atomic E-state index is -0.780. The number of likely N-dealkylation sites (tertiary alicyclic amines) is 1. The molecule has 0 bridgehead atoms. The van der Waals surface area contributed by atoms with Crippen molar-refractivity contribution in [2.75, 3.05) is 19.6 Å². The summed E-state index contributed by atoms with van der Waals surface area (Å²) in [5, 5.41) is 11.5. The van der Waals surface area contributed by atoms with E-state index in [0.717, 1.165) is 0 Å². The van der Waals surface area contributed by atoms with Gasteiger partial charge in [-0.1, -0.05) is 19.8 Å². The lowest BCUT2D eigenvalue weighted by Gasteiger charge is -2.38. The van der Waals surface area contributed by atoms with E-state index in [9.17, 15) is 9.59 Å². The largest absolute Gasteiger partial charge is 0.481 e. The van der Waals surface area contributed by atoms with Crippen LogP contribution in [0.25, 0.3) is 0 Å². The van der Waals surface area contributed by atoms with Crippen LogP contribution in [-0.4, -0.2) is 47.1 Å². The van der Waals surface area contributed by atoms with E-state index >= 15 is 0 Å². The molecule has 0 unspecified atom stereocenters. The Morgan fingerprint density at radius 1 is 1.42 bits per heavy atom. The number of terminal acetylenes is 1. The third kappa shape index (κ3) is 4.25. The minimum absolute atomic E-state index is 0.0876. The van der Waals surface area contributed by atoms with Crippen molar-refractivity contribution in [3.8, 4) is 12.3 Å². The third-order valence-corrected chi connectivity index (χ3v) is 3.73. The first kappa shape index (κ1) is 15.5. The lowest BCUT2D eigenvalue weighted by molar-refractivity contribution is -0.139. The fourth-order valence-electron chi connectivity index (χ4n) is 2.36. The van der Waals surface area contributed by atoms with Crippen LogP contribution in [0.2, 0.25) is 0 Å². The van der Waals surface area contributed by atoms with Crippen LogP contribution in [-0.2, 0) is 9.59 Å². The molecule has 1 aliphatic heterocycles. The molecular weight excluding hydrogens is 244 g/mol. The van der Waals surface area contributed by atoms with Crippen molar-refractivity contribution >= 4 is 11.9 Å². The SMILES string of the molecule is C#CC(CC)(CC)NC(=O)CN1CC(CC(=O)O)C1. The molecular formula is C14H22N2O3. The van der Waals surface area contributed by atoms with Crippen LogP contribution in [0.5, 0.6) is 0 Å². The zero-order chi connectivity index (χ0) is 14.5. The van der Waals surface area contributed by atoms with E-state index in [0.29, 0.717) is 32.5 Å². The first-order chi connectivity index (χ1) is 8.94. The van der Waals surface area contributed by atoms with Crippen molar-refractivity contribution in [2.24, 2.45) is 5.92 Å². The predicted octanol–water partition coefficient (Wildman–Crippen LogP) is 0.701. The van der Waals surface area contributed by atoms with Crippen LogP contribution in [0.15, 0.2) is 0 Å². The molecule has 0 radical (unpaired) electrons. The highest BCUT2D eigenvalue weighted by molar-refractivity contribution is 5.79. The summed E-state index contributed by atoms with van der Waals surface area (Å²) in [6, 6.07) is 0. The van der Waals surface area contributed by atoms with Crippen molar-refractivity contribution < 1.29 is 14.7 Å². The Morgan fingerprint density at radius 3 is 2.42 bits per heavy atom. The lowest BCUT2D eigenvalue weighted by atomic mass is 9.93. The average Bonchev–Trinajstić information content (AvgIpc) is 2.33. The smallest absolute Gasteiger partial charge is 0.303 e. The normalized spacial score (nSPS) is 16.5. The van der Waals surface area contributed by atoms with Crippen LogP contribution in [0.1, 0.15) is 33.1 Å². The standard InChI is InChI=1S/C14H22N2O3/c1-4-14(5-2,6-3)15-12(17)10-16-8-11(9-16)7-13(18)19/h1,11H,5-10H2,2-3H3,(H,15,17)(H,18,19). The maximum Gasteiger partial charge on any atom is 0.303 e. The van der Waals surface area contributed by atoms with Crippen LogP contribution in [0, 0.1) is 18.3 Å². The van der Waals surface area contributed by atoms with Crippen molar-refractivity contribution in [3.63, 3.8) is 0 Å². The summed E-state index contributed by atoms with van der Waals surface area (Å²) in [6.45, 7) is 5.54. The summed E-state index contributed by atoms with van der Waals surface area (Å²) in [4.78, 5) is 24.4. The van der Waals surface area contributed by atoms with Gasteiger partial charge in [0, 0.05) is 13.1 Å². The number of carbonyl (C=O) groups excluding carboxylic acids is 1. The number of nitrogens with zero attached hydrogens (tertiary/aromatic N) is 1. The van der Waals surface area contributed by atoms with Crippen molar-refractivity contribution in [1.29, 1.82) is 0 Å². The molecule has 0 aromatic heterocycles. The maximum atomic E-state index is 11.9. The molecule has 1 heterocycles. The molecule has 106 valence electrons. The quantitative estimate of drug-likeness (QED) is 0.666. The fraction of sp³-hybridized carbons (Fsp3) is 0.714. The molecule has 1 saturated heterocycles. The van der Waals surface area contributed by atoms with E-state index < -0.39 is 11.5 Å². The minimum Gasteiger partial charge on any atom is -0.481 e. The Hall–Kier alpha value is -1.54. The second kappa shape index (κ2) is 6.58. The Morgan fingerprint density at radius 2 is 2.00 bits per heavy atom. The van der Waals surface area contributed by atoms with E-state index in [4.69, 9.17) is 11.5 Å². The van der Waals surface area contributed by atoms with Crippen LogP contribution < -0.4 is 5.32 Å². The summed E-state index contributed by atoms with van der Waals surface area (Å²) < 4.78 is 0. The van der Waals surface area contributed by atoms with Gasteiger partial charge in [-0.05, 0) is 18.8 Å². The Balaban J connectivity index is 2.34. The molecule has 0 aromatic rings. The van der Waals surface area contributed by atoms with Gasteiger partial charge in [-0.2, -0.15) is 0 Å². The summed E-state index contributed by atoms with van der Waals surface area (Å²) in [5.74, 6) is 1.96. The Kier molecular flexibility index (Phi) is 5.37. The number of nitrogens with one attached hydrogen (secondary N) is 1. The van der Waals surface area contributed by atoms with Gasteiger partial charge in [0.2, 0.25) is 5.91 Å². The van der Waals surface area contributed by atoms with Gasteiger partial charge >= 0.3 is 5.97 Å². The van der Waals surface area contributed by atoms with Gasteiger partial charge in [0.25, 0.3) is 0 Å². The number of hydrogen-bond acceptors (Lipinski definition) is 3. The van der Waals surface area contributed by atoms with Crippen molar-refractivity contribution in [2.45, 2.75) is 38.6 Å². The predicted molar refractivity (Wildman–Crippen MR) is 72.5 cm³/mol. The zero-order valence-corrected chi connectivity index (χ0v) is 11.6. The highest BCUT2D eigenvalue weighted by Crippen LogP contribution is 2.19. The van der Waals surface area contributed by atoms with Gasteiger partial charge in [0.1, 0.15) is 5.54 Å². The first-order valence-electron chi connectivity index (χ1n) is 6.67. The molecule has 5 nitrogen and oxygen atoms in total.